The van der Waals surface area contributed by atoms with E-state index in [4.69, 9.17) is 16.3 Å². The summed E-state index contributed by atoms with van der Waals surface area (Å²) in [5.41, 5.74) is 0.521. The smallest absolute Gasteiger partial charge is 0.311 e. The highest BCUT2D eigenvalue weighted by atomic mass is 35.5. The molecule has 1 aliphatic rings. The maximum absolute atomic E-state index is 12.7. The predicted octanol–water partition coefficient (Wildman–Crippen LogP) is 3.54. The summed E-state index contributed by atoms with van der Waals surface area (Å²) in [5, 5.41) is 7.46. The van der Waals surface area contributed by atoms with Crippen molar-refractivity contribution in [1.29, 1.82) is 0 Å². The monoisotopic (exact) mass is 446 g/mol. The topological polar surface area (TPSA) is 93.5 Å². The van der Waals surface area contributed by atoms with Gasteiger partial charge in [-0.1, -0.05) is 11.6 Å². The molecule has 166 valence electrons. The lowest BCUT2D eigenvalue weighted by Crippen LogP contribution is -2.44. The fourth-order valence-corrected chi connectivity index (χ4v) is 3.63. The van der Waals surface area contributed by atoms with E-state index in [9.17, 15) is 14.4 Å². The minimum Gasteiger partial charge on any atom is -0.452 e. The molecule has 2 unspecified atom stereocenters. The molecule has 1 saturated heterocycles. The van der Waals surface area contributed by atoms with Crippen molar-refractivity contribution in [2.24, 2.45) is 5.92 Å². The van der Waals surface area contributed by atoms with Crippen LogP contribution in [0.2, 0.25) is 5.02 Å². The number of rotatable bonds is 6. The molecule has 2 atom stereocenters. The quantitative estimate of drug-likeness (QED) is 0.685. The number of hydrogen-bond donors (Lipinski definition) is 1. The minimum absolute atomic E-state index is 0.0783. The van der Waals surface area contributed by atoms with E-state index in [2.05, 4.69) is 10.4 Å². The second kappa shape index (κ2) is 9.96. The Kier molecular flexibility index (Phi) is 7.33. The Balaban J connectivity index is 1.56. The second-order valence-electron chi connectivity index (χ2n) is 7.92. The van der Waals surface area contributed by atoms with E-state index in [1.54, 1.807) is 46.1 Å². The van der Waals surface area contributed by atoms with Crippen LogP contribution in [0.3, 0.4) is 0 Å². The Morgan fingerprint density at radius 3 is 2.55 bits per heavy atom. The standard InChI is InChI=1S/C22H27ClN4O4/c1-14(2)27-19(10-11-24-27)25-20(28)15(3)31-22(30)17-5-4-12-26(13-17)21(29)16-6-8-18(23)9-7-16/h6-11,14-15,17H,4-5,12-13H2,1-3H3,(H,25,28). The first-order chi connectivity index (χ1) is 14.8. The molecule has 1 N–H and O–H groups in total. The summed E-state index contributed by atoms with van der Waals surface area (Å²) >= 11 is 5.89. The number of anilines is 1. The minimum atomic E-state index is -0.967. The first-order valence-corrected chi connectivity index (χ1v) is 10.7. The van der Waals surface area contributed by atoms with Crippen LogP contribution in [0.5, 0.6) is 0 Å². The summed E-state index contributed by atoms with van der Waals surface area (Å²) in [7, 11) is 0. The molecule has 1 aromatic heterocycles. The van der Waals surface area contributed by atoms with Crippen molar-refractivity contribution in [1.82, 2.24) is 14.7 Å². The van der Waals surface area contributed by atoms with Gasteiger partial charge in [-0.3, -0.25) is 14.4 Å². The molecular formula is C22H27ClN4O4. The number of benzene rings is 1. The van der Waals surface area contributed by atoms with E-state index in [0.29, 0.717) is 35.8 Å². The van der Waals surface area contributed by atoms with Crippen LogP contribution in [0.15, 0.2) is 36.5 Å². The Morgan fingerprint density at radius 1 is 1.16 bits per heavy atom. The van der Waals surface area contributed by atoms with E-state index in [0.717, 1.165) is 0 Å². The third-order valence-electron chi connectivity index (χ3n) is 5.21. The first-order valence-electron chi connectivity index (χ1n) is 10.4. The predicted molar refractivity (Wildman–Crippen MR) is 117 cm³/mol. The Labute approximate surface area is 186 Å². The molecule has 1 aromatic carbocycles. The molecule has 3 rings (SSSR count). The molecule has 0 radical (unpaired) electrons. The maximum Gasteiger partial charge on any atom is 0.311 e. The summed E-state index contributed by atoms with van der Waals surface area (Å²) in [6.07, 6.45) is 1.93. The van der Waals surface area contributed by atoms with Gasteiger partial charge in [0, 0.05) is 35.8 Å². The number of aromatic nitrogens is 2. The van der Waals surface area contributed by atoms with Crippen LogP contribution in [0, 0.1) is 5.92 Å². The molecule has 8 nitrogen and oxygen atoms in total. The normalized spacial score (nSPS) is 17.3. The highest BCUT2D eigenvalue weighted by Crippen LogP contribution is 2.21. The van der Waals surface area contributed by atoms with Gasteiger partial charge >= 0.3 is 5.97 Å². The van der Waals surface area contributed by atoms with Crippen LogP contribution in [-0.2, 0) is 14.3 Å². The maximum atomic E-state index is 12.7. The van der Waals surface area contributed by atoms with E-state index in [1.165, 1.54) is 6.92 Å². The van der Waals surface area contributed by atoms with Crippen molar-refractivity contribution in [3.8, 4) is 0 Å². The second-order valence-corrected chi connectivity index (χ2v) is 8.36. The molecule has 2 amide bonds. The number of carbonyl (C=O) groups is 3. The van der Waals surface area contributed by atoms with E-state index in [-0.39, 0.29) is 18.5 Å². The lowest BCUT2D eigenvalue weighted by molar-refractivity contribution is -0.158. The van der Waals surface area contributed by atoms with Crippen LogP contribution in [0.25, 0.3) is 0 Å². The van der Waals surface area contributed by atoms with Crippen molar-refractivity contribution in [3.05, 3.63) is 47.1 Å². The number of halogens is 1. The van der Waals surface area contributed by atoms with Gasteiger partial charge in [0.15, 0.2) is 6.10 Å². The van der Waals surface area contributed by atoms with Gasteiger partial charge in [-0.05, 0) is 57.9 Å². The summed E-state index contributed by atoms with van der Waals surface area (Å²) in [5.74, 6) is -0.988. The molecule has 0 aliphatic carbocycles. The van der Waals surface area contributed by atoms with Gasteiger partial charge in [0.2, 0.25) is 0 Å². The molecule has 0 bridgehead atoms. The number of carbonyl (C=O) groups excluding carboxylic acids is 3. The number of ether oxygens (including phenoxy) is 1. The number of nitrogens with zero attached hydrogens (tertiary/aromatic N) is 3. The highest BCUT2D eigenvalue weighted by molar-refractivity contribution is 6.30. The Bertz CT molecular complexity index is 941. The average Bonchev–Trinajstić information content (AvgIpc) is 3.22. The van der Waals surface area contributed by atoms with Crippen LogP contribution in [-0.4, -0.2) is 51.7 Å². The fourth-order valence-electron chi connectivity index (χ4n) is 3.51. The largest absolute Gasteiger partial charge is 0.452 e. The molecule has 2 heterocycles. The fraction of sp³-hybridized carbons (Fsp3) is 0.455. The summed E-state index contributed by atoms with van der Waals surface area (Å²) in [6.45, 7) is 6.26. The van der Waals surface area contributed by atoms with Crippen molar-refractivity contribution in [3.63, 3.8) is 0 Å². The Hall–Kier alpha value is -2.87. The van der Waals surface area contributed by atoms with Gasteiger partial charge in [-0.2, -0.15) is 5.10 Å². The number of nitrogens with one attached hydrogen (secondary N) is 1. The van der Waals surface area contributed by atoms with Crippen molar-refractivity contribution in [2.45, 2.75) is 45.8 Å². The van der Waals surface area contributed by atoms with Crippen LogP contribution >= 0.6 is 11.6 Å². The van der Waals surface area contributed by atoms with Gasteiger partial charge in [0.1, 0.15) is 5.82 Å². The van der Waals surface area contributed by atoms with Gasteiger partial charge in [-0.15, -0.1) is 0 Å². The summed E-state index contributed by atoms with van der Waals surface area (Å²) < 4.78 is 7.09. The van der Waals surface area contributed by atoms with Crippen LogP contribution < -0.4 is 5.32 Å². The SMILES string of the molecule is CC(OC(=O)C1CCCN(C(=O)c2ccc(Cl)cc2)C1)C(=O)Nc1ccnn1C(C)C. The lowest BCUT2D eigenvalue weighted by Gasteiger charge is -2.32. The molecular weight excluding hydrogens is 420 g/mol. The average molecular weight is 447 g/mol. The highest BCUT2D eigenvalue weighted by Gasteiger charge is 2.32. The van der Waals surface area contributed by atoms with Crippen LogP contribution in [0.4, 0.5) is 5.82 Å². The van der Waals surface area contributed by atoms with Crippen molar-refractivity contribution in [2.75, 3.05) is 18.4 Å². The van der Waals surface area contributed by atoms with Crippen LogP contribution in [0.1, 0.15) is 50.0 Å². The number of amides is 2. The van der Waals surface area contributed by atoms with E-state index >= 15 is 0 Å². The zero-order chi connectivity index (χ0) is 22.5. The molecule has 9 heteroatoms. The number of esters is 1. The van der Waals surface area contributed by atoms with Gasteiger partial charge in [0.25, 0.3) is 11.8 Å². The lowest BCUT2D eigenvalue weighted by atomic mass is 9.97. The number of piperidine rings is 1. The number of likely N-dealkylation sites (tertiary alicyclic amines) is 1. The molecule has 1 aliphatic heterocycles. The van der Waals surface area contributed by atoms with Gasteiger partial charge < -0.3 is 15.0 Å². The van der Waals surface area contributed by atoms with Crippen molar-refractivity contribution >= 4 is 35.2 Å². The zero-order valence-corrected chi connectivity index (χ0v) is 18.6. The van der Waals surface area contributed by atoms with E-state index < -0.39 is 23.9 Å². The number of hydrogen-bond acceptors (Lipinski definition) is 5. The van der Waals surface area contributed by atoms with Crippen molar-refractivity contribution < 1.29 is 19.1 Å². The first kappa shape index (κ1) is 22.8. The Morgan fingerprint density at radius 2 is 1.87 bits per heavy atom. The zero-order valence-electron chi connectivity index (χ0n) is 17.9. The van der Waals surface area contributed by atoms with Gasteiger partial charge in [-0.25, -0.2) is 4.68 Å². The van der Waals surface area contributed by atoms with E-state index in [1.807, 2.05) is 13.8 Å². The molecule has 2 aromatic rings. The molecule has 31 heavy (non-hydrogen) atoms. The third-order valence-corrected chi connectivity index (χ3v) is 5.46. The summed E-state index contributed by atoms with van der Waals surface area (Å²) in [6, 6.07) is 8.43. The van der Waals surface area contributed by atoms with Gasteiger partial charge in [0.05, 0.1) is 12.1 Å². The molecule has 0 spiro atoms. The summed E-state index contributed by atoms with van der Waals surface area (Å²) in [4.78, 5) is 39.5. The molecule has 1 fully saturated rings. The molecule has 0 saturated carbocycles. The third kappa shape index (κ3) is 5.64.